The molecule has 2 rings (SSSR count). The van der Waals surface area contributed by atoms with Gasteiger partial charge in [-0.15, -0.1) is 0 Å². The number of carbonyl (C=O) groups excluding carboxylic acids is 1. The van der Waals surface area contributed by atoms with Crippen molar-refractivity contribution in [2.24, 2.45) is 0 Å². The van der Waals surface area contributed by atoms with Gasteiger partial charge >= 0.3 is 0 Å². The van der Waals surface area contributed by atoms with E-state index in [2.05, 4.69) is 27.0 Å². The number of thiophene rings is 1. The first-order valence-corrected chi connectivity index (χ1v) is 6.24. The fourth-order valence-electron chi connectivity index (χ4n) is 2.05. The highest BCUT2D eigenvalue weighted by atomic mass is 32.1. The van der Waals surface area contributed by atoms with E-state index in [1.807, 2.05) is 0 Å². The van der Waals surface area contributed by atoms with Crippen molar-refractivity contribution in [2.75, 3.05) is 18.0 Å². The molecule has 1 aromatic heterocycles. The number of nitrogens with one attached hydrogen (secondary N) is 1. The van der Waals surface area contributed by atoms with E-state index in [0.717, 1.165) is 25.9 Å². The molecule has 1 aliphatic heterocycles. The van der Waals surface area contributed by atoms with Crippen LogP contribution in [0.15, 0.2) is 16.8 Å². The maximum Gasteiger partial charge on any atom is 0.217 e. The first-order valence-electron chi connectivity index (χ1n) is 5.30. The Labute approximate surface area is 94.1 Å². The lowest BCUT2D eigenvalue weighted by atomic mass is 10.1. The van der Waals surface area contributed by atoms with Crippen LogP contribution in [0, 0.1) is 0 Å². The molecule has 0 spiro atoms. The first-order chi connectivity index (χ1) is 7.25. The van der Waals surface area contributed by atoms with Gasteiger partial charge in [0.05, 0.1) is 0 Å². The molecule has 0 saturated carbocycles. The molecule has 2 heterocycles. The Morgan fingerprint density at radius 2 is 2.53 bits per heavy atom. The summed E-state index contributed by atoms with van der Waals surface area (Å²) in [4.78, 5) is 13.3. The van der Waals surface area contributed by atoms with E-state index in [0.29, 0.717) is 6.04 Å². The summed E-state index contributed by atoms with van der Waals surface area (Å²) in [6.45, 7) is 3.63. The zero-order chi connectivity index (χ0) is 10.7. The summed E-state index contributed by atoms with van der Waals surface area (Å²) in [7, 11) is 0. The zero-order valence-electron chi connectivity index (χ0n) is 8.90. The van der Waals surface area contributed by atoms with Gasteiger partial charge < -0.3 is 10.2 Å². The molecule has 4 heteroatoms. The number of piperidine rings is 1. The molecule has 0 bridgehead atoms. The Kier molecular flexibility index (Phi) is 3.26. The maximum absolute atomic E-state index is 11.0. The van der Waals surface area contributed by atoms with Gasteiger partial charge in [-0.1, -0.05) is 0 Å². The maximum atomic E-state index is 11.0. The number of nitrogens with zero attached hydrogens (tertiary/aromatic N) is 1. The standard InChI is InChI=1S/C11H16N2OS/c1-9(14)12-10-3-2-5-13(7-10)11-4-6-15-8-11/h4,6,8,10H,2-3,5,7H2,1H3,(H,12,14). The van der Waals surface area contributed by atoms with E-state index < -0.39 is 0 Å². The average Bonchev–Trinajstić information content (AvgIpc) is 2.69. The molecule has 0 aromatic carbocycles. The Balaban J connectivity index is 1.95. The van der Waals surface area contributed by atoms with Crippen LogP contribution >= 0.6 is 11.3 Å². The highest BCUT2D eigenvalue weighted by Crippen LogP contribution is 2.22. The van der Waals surface area contributed by atoms with Crippen LogP contribution in [0.4, 0.5) is 5.69 Å². The van der Waals surface area contributed by atoms with Gasteiger partial charge in [-0.05, 0) is 24.3 Å². The zero-order valence-corrected chi connectivity index (χ0v) is 9.72. The third-order valence-electron chi connectivity index (χ3n) is 2.70. The summed E-state index contributed by atoms with van der Waals surface area (Å²) in [5, 5.41) is 7.25. The van der Waals surface area contributed by atoms with Crippen LogP contribution < -0.4 is 10.2 Å². The van der Waals surface area contributed by atoms with Crippen LogP contribution in [-0.4, -0.2) is 25.0 Å². The van der Waals surface area contributed by atoms with Gasteiger partial charge in [-0.25, -0.2) is 0 Å². The molecule has 1 fully saturated rings. The largest absolute Gasteiger partial charge is 0.369 e. The predicted molar refractivity (Wildman–Crippen MR) is 63.4 cm³/mol. The number of hydrogen-bond acceptors (Lipinski definition) is 3. The minimum Gasteiger partial charge on any atom is -0.369 e. The van der Waals surface area contributed by atoms with Crippen LogP contribution in [0.1, 0.15) is 19.8 Å². The fraction of sp³-hybridized carbons (Fsp3) is 0.545. The summed E-state index contributed by atoms with van der Waals surface area (Å²) < 4.78 is 0. The van der Waals surface area contributed by atoms with Crippen LogP contribution in [0.3, 0.4) is 0 Å². The number of hydrogen-bond donors (Lipinski definition) is 1. The number of anilines is 1. The summed E-state index contributed by atoms with van der Waals surface area (Å²) >= 11 is 1.72. The molecule has 1 N–H and O–H groups in total. The summed E-state index contributed by atoms with van der Waals surface area (Å²) in [6, 6.07) is 2.46. The molecule has 82 valence electrons. The minimum atomic E-state index is 0.0761. The molecule has 1 unspecified atom stereocenters. The van der Waals surface area contributed by atoms with E-state index in [9.17, 15) is 4.79 Å². The molecule has 0 aliphatic carbocycles. The number of carbonyl (C=O) groups is 1. The van der Waals surface area contributed by atoms with Crippen molar-refractivity contribution in [1.29, 1.82) is 0 Å². The molecule has 1 aromatic rings. The lowest BCUT2D eigenvalue weighted by molar-refractivity contribution is -0.119. The highest BCUT2D eigenvalue weighted by Gasteiger charge is 2.20. The van der Waals surface area contributed by atoms with Gasteiger partial charge in [-0.2, -0.15) is 11.3 Å². The quantitative estimate of drug-likeness (QED) is 0.831. The second-order valence-corrected chi connectivity index (χ2v) is 4.75. The third kappa shape index (κ3) is 2.72. The lowest BCUT2D eigenvalue weighted by Gasteiger charge is -2.33. The van der Waals surface area contributed by atoms with Crippen LogP contribution in [0.25, 0.3) is 0 Å². The van der Waals surface area contributed by atoms with Gasteiger partial charge in [0.15, 0.2) is 0 Å². The molecule has 1 amide bonds. The molecule has 1 atom stereocenters. The second kappa shape index (κ2) is 4.66. The van der Waals surface area contributed by atoms with Crippen molar-refractivity contribution in [1.82, 2.24) is 5.32 Å². The monoisotopic (exact) mass is 224 g/mol. The van der Waals surface area contributed by atoms with Gasteiger partial charge in [0.2, 0.25) is 5.91 Å². The van der Waals surface area contributed by atoms with E-state index >= 15 is 0 Å². The van der Waals surface area contributed by atoms with E-state index in [1.54, 1.807) is 18.3 Å². The molecule has 3 nitrogen and oxygen atoms in total. The van der Waals surface area contributed by atoms with Crippen LogP contribution in [-0.2, 0) is 4.79 Å². The summed E-state index contributed by atoms with van der Waals surface area (Å²) in [6.07, 6.45) is 2.25. The normalized spacial score (nSPS) is 21.4. The van der Waals surface area contributed by atoms with E-state index in [4.69, 9.17) is 0 Å². The molecular weight excluding hydrogens is 208 g/mol. The van der Waals surface area contributed by atoms with Crippen molar-refractivity contribution in [2.45, 2.75) is 25.8 Å². The van der Waals surface area contributed by atoms with Crippen molar-refractivity contribution < 1.29 is 4.79 Å². The van der Waals surface area contributed by atoms with Crippen molar-refractivity contribution in [3.05, 3.63) is 16.8 Å². The van der Waals surface area contributed by atoms with Crippen molar-refractivity contribution in [3.8, 4) is 0 Å². The average molecular weight is 224 g/mol. The second-order valence-electron chi connectivity index (χ2n) is 3.97. The van der Waals surface area contributed by atoms with Crippen LogP contribution in [0.5, 0.6) is 0 Å². The Bertz CT molecular complexity index is 323. The topological polar surface area (TPSA) is 32.3 Å². The molecule has 1 saturated heterocycles. The van der Waals surface area contributed by atoms with Gasteiger partial charge in [-0.3, -0.25) is 4.79 Å². The van der Waals surface area contributed by atoms with E-state index in [-0.39, 0.29) is 5.91 Å². The van der Waals surface area contributed by atoms with Crippen molar-refractivity contribution in [3.63, 3.8) is 0 Å². The van der Waals surface area contributed by atoms with Gasteiger partial charge in [0.25, 0.3) is 0 Å². The first kappa shape index (κ1) is 10.5. The van der Waals surface area contributed by atoms with Crippen molar-refractivity contribution >= 4 is 22.9 Å². The fourth-order valence-corrected chi connectivity index (χ4v) is 2.72. The van der Waals surface area contributed by atoms with Gasteiger partial charge in [0.1, 0.15) is 0 Å². The minimum absolute atomic E-state index is 0.0761. The smallest absolute Gasteiger partial charge is 0.217 e. The Hall–Kier alpha value is -1.03. The SMILES string of the molecule is CC(=O)NC1CCCN(c2ccsc2)C1. The third-order valence-corrected chi connectivity index (χ3v) is 3.37. The Morgan fingerprint density at radius 1 is 1.67 bits per heavy atom. The van der Waals surface area contributed by atoms with Crippen LogP contribution in [0.2, 0.25) is 0 Å². The van der Waals surface area contributed by atoms with Gasteiger partial charge in [0, 0.05) is 37.1 Å². The molecule has 15 heavy (non-hydrogen) atoms. The summed E-state index contributed by atoms with van der Waals surface area (Å²) in [5.74, 6) is 0.0761. The number of rotatable bonds is 2. The van der Waals surface area contributed by atoms with E-state index in [1.165, 1.54) is 5.69 Å². The summed E-state index contributed by atoms with van der Waals surface area (Å²) in [5.41, 5.74) is 1.29. The lowest BCUT2D eigenvalue weighted by Crippen LogP contribution is -2.47. The molecule has 1 aliphatic rings. The number of amides is 1. The molecule has 0 radical (unpaired) electrons. The predicted octanol–water partition coefficient (Wildman–Crippen LogP) is 1.85. The molecular formula is C11H16N2OS. The Morgan fingerprint density at radius 3 is 3.20 bits per heavy atom. The highest BCUT2D eigenvalue weighted by molar-refractivity contribution is 7.08.